The van der Waals surface area contributed by atoms with Crippen LogP contribution in [0.4, 0.5) is 0 Å². The predicted octanol–water partition coefficient (Wildman–Crippen LogP) is 3.02. The summed E-state index contributed by atoms with van der Waals surface area (Å²) in [6.07, 6.45) is 7.54. The van der Waals surface area contributed by atoms with Crippen LogP contribution in [-0.2, 0) is 0 Å². The van der Waals surface area contributed by atoms with Crippen molar-refractivity contribution >= 4 is 11.8 Å². The van der Waals surface area contributed by atoms with E-state index in [9.17, 15) is 5.11 Å². The predicted molar refractivity (Wildman–Crippen MR) is 93.1 cm³/mol. The summed E-state index contributed by atoms with van der Waals surface area (Å²) in [5, 5.41) is 9.34. The number of likely N-dealkylation sites (tertiary alicyclic amines) is 1. The molecule has 24 heavy (non-hydrogen) atoms. The Kier molecular flexibility index (Phi) is 4.58. The van der Waals surface area contributed by atoms with Crippen molar-refractivity contribution in [1.82, 2.24) is 14.9 Å². The molecule has 1 saturated heterocycles. The van der Waals surface area contributed by atoms with Crippen LogP contribution in [0.25, 0.3) is 0 Å². The van der Waals surface area contributed by atoms with E-state index in [-0.39, 0.29) is 6.10 Å². The molecule has 4 rings (SSSR count). The van der Waals surface area contributed by atoms with Gasteiger partial charge in [-0.1, -0.05) is 0 Å². The van der Waals surface area contributed by atoms with Crippen LogP contribution in [0.5, 0.6) is 11.6 Å². The van der Waals surface area contributed by atoms with Gasteiger partial charge in [-0.3, -0.25) is 9.88 Å². The highest BCUT2D eigenvalue weighted by Gasteiger charge is 2.41. The van der Waals surface area contributed by atoms with E-state index in [0.717, 1.165) is 43.6 Å². The van der Waals surface area contributed by atoms with Crippen LogP contribution in [0.3, 0.4) is 0 Å². The van der Waals surface area contributed by atoms with E-state index in [4.69, 9.17) is 4.74 Å². The Hall–Kier alpha value is -1.79. The second kappa shape index (κ2) is 6.99. The Morgan fingerprint density at radius 3 is 2.54 bits per heavy atom. The average Bonchev–Trinajstić information content (AvgIpc) is 3.13. The molecule has 2 aliphatic rings. The lowest BCUT2D eigenvalue weighted by molar-refractivity contribution is 0.181. The molecule has 1 aliphatic heterocycles. The summed E-state index contributed by atoms with van der Waals surface area (Å²) < 4.78 is 5.97. The number of phenolic OH excluding ortho intramolecular Hbond substituents is 1. The molecular weight excluding hydrogens is 322 g/mol. The first-order chi connectivity index (χ1) is 11.8. The Morgan fingerprint density at radius 1 is 1.12 bits per heavy atom. The van der Waals surface area contributed by atoms with Crippen LogP contribution >= 0.6 is 11.8 Å². The van der Waals surface area contributed by atoms with Crippen LogP contribution in [0.1, 0.15) is 12.8 Å². The summed E-state index contributed by atoms with van der Waals surface area (Å²) in [7, 11) is 0. The minimum Gasteiger partial charge on any atom is -0.508 e. The molecule has 1 aromatic heterocycles. The number of aromatic hydroxyl groups is 1. The standard InChI is InChI=1S/C18H21N3O2S/c22-15-1-3-17(4-2-15)24-12-21-10-13-7-16(8-14(13)11-21)23-18-9-19-5-6-20-18/h1-6,9,13-14,16,22H,7-8,10-12H2/t13-,14+,16+. The topological polar surface area (TPSA) is 58.5 Å². The smallest absolute Gasteiger partial charge is 0.232 e. The molecule has 2 aromatic rings. The van der Waals surface area contributed by atoms with Crippen molar-refractivity contribution in [3.05, 3.63) is 42.9 Å². The monoisotopic (exact) mass is 343 g/mol. The summed E-state index contributed by atoms with van der Waals surface area (Å²) >= 11 is 1.83. The number of hydrogen-bond acceptors (Lipinski definition) is 6. The van der Waals surface area contributed by atoms with Gasteiger partial charge in [0.15, 0.2) is 0 Å². The van der Waals surface area contributed by atoms with Gasteiger partial charge in [0.05, 0.1) is 6.20 Å². The van der Waals surface area contributed by atoms with Crippen molar-refractivity contribution in [2.45, 2.75) is 23.8 Å². The van der Waals surface area contributed by atoms with Gasteiger partial charge in [0.1, 0.15) is 11.9 Å². The quantitative estimate of drug-likeness (QED) is 0.842. The summed E-state index contributed by atoms with van der Waals surface area (Å²) in [5.74, 6) is 3.43. The van der Waals surface area contributed by atoms with Crippen LogP contribution in [0, 0.1) is 11.8 Å². The fraction of sp³-hybridized carbons (Fsp3) is 0.444. The summed E-state index contributed by atoms with van der Waals surface area (Å²) in [6.45, 7) is 2.30. The number of thioether (sulfide) groups is 1. The van der Waals surface area contributed by atoms with Crippen molar-refractivity contribution in [2.24, 2.45) is 11.8 Å². The van der Waals surface area contributed by atoms with E-state index in [1.807, 2.05) is 23.9 Å². The van der Waals surface area contributed by atoms with Gasteiger partial charge in [-0.05, 0) is 48.9 Å². The Balaban J connectivity index is 1.25. The molecule has 0 unspecified atom stereocenters. The minimum atomic E-state index is 0.281. The van der Waals surface area contributed by atoms with E-state index < -0.39 is 0 Å². The van der Waals surface area contributed by atoms with Crippen LogP contribution in [0.2, 0.25) is 0 Å². The Bertz CT molecular complexity index is 654. The zero-order valence-corrected chi connectivity index (χ0v) is 14.2. The van der Waals surface area contributed by atoms with Gasteiger partial charge in [-0.2, -0.15) is 0 Å². The highest BCUT2D eigenvalue weighted by molar-refractivity contribution is 7.99. The summed E-state index contributed by atoms with van der Waals surface area (Å²) in [4.78, 5) is 12.0. The highest BCUT2D eigenvalue weighted by Crippen LogP contribution is 2.40. The normalized spacial score (nSPS) is 26.4. The third-order valence-electron chi connectivity index (χ3n) is 4.86. The second-order valence-electron chi connectivity index (χ2n) is 6.58. The van der Waals surface area contributed by atoms with E-state index in [2.05, 4.69) is 14.9 Å². The molecule has 1 saturated carbocycles. The lowest BCUT2D eigenvalue weighted by Crippen LogP contribution is -2.24. The molecule has 2 heterocycles. The number of aromatic nitrogens is 2. The third-order valence-corrected chi connectivity index (χ3v) is 5.96. The number of nitrogens with zero attached hydrogens (tertiary/aromatic N) is 3. The maximum absolute atomic E-state index is 9.34. The van der Waals surface area contributed by atoms with Gasteiger partial charge in [0, 0.05) is 36.3 Å². The maximum atomic E-state index is 9.34. The molecule has 0 amide bonds. The first kappa shape index (κ1) is 15.7. The van der Waals surface area contributed by atoms with E-state index in [0.29, 0.717) is 11.6 Å². The van der Waals surface area contributed by atoms with Gasteiger partial charge in [-0.15, -0.1) is 11.8 Å². The average molecular weight is 343 g/mol. The zero-order valence-electron chi connectivity index (χ0n) is 13.4. The molecule has 3 atom stereocenters. The molecule has 126 valence electrons. The van der Waals surface area contributed by atoms with Gasteiger partial charge >= 0.3 is 0 Å². The summed E-state index contributed by atoms with van der Waals surface area (Å²) in [5.41, 5.74) is 0. The molecule has 0 spiro atoms. The van der Waals surface area contributed by atoms with Crippen LogP contribution in [-0.4, -0.2) is 45.0 Å². The minimum absolute atomic E-state index is 0.281. The number of rotatable bonds is 5. The molecule has 5 nitrogen and oxygen atoms in total. The Labute approximate surface area is 146 Å². The molecule has 2 fully saturated rings. The van der Waals surface area contributed by atoms with Gasteiger partial charge in [-0.25, -0.2) is 4.98 Å². The molecule has 6 heteroatoms. The van der Waals surface area contributed by atoms with Gasteiger partial charge in [0.2, 0.25) is 5.88 Å². The summed E-state index contributed by atoms with van der Waals surface area (Å²) in [6, 6.07) is 7.44. The number of phenols is 1. The van der Waals surface area contributed by atoms with Crippen LogP contribution < -0.4 is 4.74 Å². The number of benzene rings is 1. The van der Waals surface area contributed by atoms with E-state index in [1.165, 1.54) is 4.90 Å². The number of hydrogen-bond donors (Lipinski definition) is 1. The van der Waals surface area contributed by atoms with Crippen molar-refractivity contribution in [1.29, 1.82) is 0 Å². The molecule has 1 aliphatic carbocycles. The lowest BCUT2D eigenvalue weighted by Gasteiger charge is -2.19. The van der Waals surface area contributed by atoms with E-state index >= 15 is 0 Å². The van der Waals surface area contributed by atoms with Gasteiger partial charge < -0.3 is 9.84 Å². The molecular formula is C18H21N3O2S. The second-order valence-corrected chi connectivity index (χ2v) is 7.60. The lowest BCUT2D eigenvalue weighted by atomic mass is 10.0. The first-order valence-electron chi connectivity index (χ1n) is 8.33. The Morgan fingerprint density at radius 2 is 1.88 bits per heavy atom. The molecule has 1 aromatic carbocycles. The largest absolute Gasteiger partial charge is 0.508 e. The third kappa shape index (κ3) is 3.65. The fourth-order valence-electron chi connectivity index (χ4n) is 3.77. The zero-order chi connectivity index (χ0) is 16.4. The van der Waals surface area contributed by atoms with Gasteiger partial charge in [0.25, 0.3) is 0 Å². The van der Waals surface area contributed by atoms with Crippen molar-refractivity contribution in [3.63, 3.8) is 0 Å². The van der Waals surface area contributed by atoms with E-state index in [1.54, 1.807) is 30.7 Å². The first-order valence-corrected chi connectivity index (χ1v) is 9.31. The number of fused-ring (bicyclic) bond motifs is 1. The highest BCUT2D eigenvalue weighted by atomic mass is 32.2. The van der Waals surface area contributed by atoms with Crippen LogP contribution in [0.15, 0.2) is 47.8 Å². The van der Waals surface area contributed by atoms with Crippen molar-refractivity contribution in [3.8, 4) is 11.6 Å². The van der Waals surface area contributed by atoms with Crippen molar-refractivity contribution in [2.75, 3.05) is 19.0 Å². The molecule has 0 bridgehead atoms. The SMILES string of the molecule is Oc1ccc(SCN2C[C@H]3C[C@H](Oc4cnccn4)C[C@H]3C2)cc1. The molecule has 0 radical (unpaired) electrons. The fourth-order valence-corrected chi connectivity index (χ4v) is 4.64. The molecule has 1 N–H and O–H groups in total. The maximum Gasteiger partial charge on any atom is 0.232 e. The number of ether oxygens (including phenoxy) is 1. The van der Waals surface area contributed by atoms with Crippen molar-refractivity contribution < 1.29 is 9.84 Å².